The summed E-state index contributed by atoms with van der Waals surface area (Å²) in [6.07, 6.45) is 2.59. The third-order valence-electron chi connectivity index (χ3n) is 4.41. The number of nitrogens with zero attached hydrogens (tertiary/aromatic N) is 1. The first-order valence-electron chi connectivity index (χ1n) is 8.97. The van der Waals surface area contributed by atoms with Crippen LogP contribution in [0.1, 0.15) is 5.56 Å². The van der Waals surface area contributed by atoms with E-state index in [-0.39, 0.29) is 18.1 Å². The Morgan fingerprint density at radius 1 is 1.11 bits per heavy atom. The number of H-pyrrole nitrogens is 1. The van der Waals surface area contributed by atoms with Crippen LogP contribution in [0.3, 0.4) is 0 Å². The number of benzene rings is 2. The normalized spacial score (nSPS) is 12.3. The molecule has 0 aliphatic rings. The van der Waals surface area contributed by atoms with Gasteiger partial charge in [0.2, 0.25) is 0 Å². The number of halogens is 1. The maximum absolute atomic E-state index is 13.3. The summed E-state index contributed by atoms with van der Waals surface area (Å²) >= 11 is 0. The van der Waals surface area contributed by atoms with Crippen LogP contribution in [-0.4, -0.2) is 45.3 Å². The summed E-state index contributed by atoms with van der Waals surface area (Å²) < 4.78 is 37.8. The highest BCUT2D eigenvalue weighted by molar-refractivity contribution is 7.91. The Hall–Kier alpha value is -2.87. The Morgan fingerprint density at radius 2 is 1.86 bits per heavy atom. The minimum Gasteiger partial charge on any atom is -0.361 e. The lowest BCUT2D eigenvalue weighted by molar-refractivity contribution is 0.594. The third kappa shape index (κ3) is 4.89. The molecule has 1 aromatic heterocycles. The molecule has 0 atom stereocenters. The maximum atomic E-state index is 13.3. The molecule has 0 saturated carbocycles. The van der Waals surface area contributed by atoms with Gasteiger partial charge < -0.3 is 15.6 Å². The quantitative estimate of drug-likeness (QED) is 0.419. The lowest BCUT2D eigenvalue weighted by atomic mass is 10.1. The minimum absolute atomic E-state index is 0.0221. The monoisotopic (exact) mass is 402 g/mol. The molecule has 28 heavy (non-hydrogen) atoms. The fraction of sp³-hybridized carbons (Fsp3) is 0.250. The molecule has 0 aliphatic heterocycles. The van der Waals surface area contributed by atoms with E-state index < -0.39 is 9.84 Å². The van der Waals surface area contributed by atoms with Crippen molar-refractivity contribution in [2.75, 3.05) is 25.9 Å². The van der Waals surface area contributed by atoms with Crippen molar-refractivity contribution in [2.24, 2.45) is 4.99 Å². The fourth-order valence-electron chi connectivity index (χ4n) is 2.95. The van der Waals surface area contributed by atoms with Crippen molar-refractivity contribution in [3.63, 3.8) is 0 Å². The van der Waals surface area contributed by atoms with Crippen LogP contribution in [0.15, 0.2) is 64.6 Å². The van der Waals surface area contributed by atoms with E-state index in [9.17, 15) is 12.8 Å². The summed E-state index contributed by atoms with van der Waals surface area (Å²) in [7, 11) is -1.69. The van der Waals surface area contributed by atoms with Gasteiger partial charge in [-0.15, -0.1) is 0 Å². The zero-order chi connectivity index (χ0) is 20.0. The van der Waals surface area contributed by atoms with Crippen molar-refractivity contribution in [3.8, 4) is 0 Å². The van der Waals surface area contributed by atoms with Gasteiger partial charge in [-0.3, -0.25) is 4.99 Å². The van der Waals surface area contributed by atoms with Crippen LogP contribution in [0, 0.1) is 5.82 Å². The Bertz CT molecular complexity index is 1060. The molecule has 6 nitrogen and oxygen atoms in total. The second-order valence-corrected chi connectivity index (χ2v) is 8.42. The average molecular weight is 402 g/mol. The molecule has 2 aromatic carbocycles. The van der Waals surface area contributed by atoms with Crippen molar-refractivity contribution in [1.29, 1.82) is 0 Å². The van der Waals surface area contributed by atoms with Crippen LogP contribution in [0.4, 0.5) is 4.39 Å². The first kappa shape index (κ1) is 19.9. The molecule has 0 bridgehead atoms. The Balaban J connectivity index is 1.48. The van der Waals surface area contributed by atoms with Crippen LogP contribution in [-0.2, 0) is 16.3 Å². The van der Waals surface area contributed by atoms with Gasteiger partial charge >= 0.3 is 0 Å². The lowest BCUT2D eigenvalue weighted by Gasteiger charge is -2.12. The summed E-state index contributed by atoms with van der Waals surface area (Å²) in [4.78, 5) is 7.50. The van der Waals surface area contributed by atoms with E-state index in [2.05, 4.69) is 20.6 Å². The summed E-state index contributed by atoms with van der Waals surface area (Å²) in [6.45, 7) is 0.860. The van der Waals surface area contributed by atoms with Gasteiger partial charge in [0, 0.05) is 37.2 Å². The number of guanidine groups is 1. The first-order chi connectivity index (χ1) is 13.5. The predicted molar refractivity (Wildman–Crippen MR) is 110 cm³/mol. The summed E-state index contributed by atoms with van der Waals surface area (Å²) in [6, 6.07) is 13.1. The Labute approximate surface area is 163 Å². The van der Waals surface area contributed by atoms with E-state index >= 15 is 0 Å². The van der Waals surface area contributed by atoms with E-state index in [4.69, 9.17) is 0 Å². The number of nitrogens with one attached hydrogen (secondary N) is 3. The summed E-state index contributed by atoms with van der Waals surface area (Å²) in [5.41, 5.74) is 1.84. The van der Waals surface area contributed by atoms with E-state index in [1.54, 1.807) is 43.4 Å². The van der Waals surface area contributed by atoms with Crippen LogP contribution >= 0.6 is 0 Å². The highest BCUT2D eigenvalue weighted by Crippen LogP contribution is 2.19. The van der Waals surface area contributed by atoms with Gasteiger partial charge in [-0.05, 0) is 42.3 Å². The van der Waals surface area contributed by atoms with Crippen molar-refractivity contribution in [1.82, 2.24) is 15.6 Å². The number of sulfone groups is 1. The van der Waals surface area contributed by atoms with E-state index in [1.807, 2.05) is 6.20 Å². The highest BCUT2D eigenvalue weighted by Gasteiger charge is 2.13. The van der Waals surface area contributed by atoms with Gasteiger partial charge in [0.05, 0.1) is 10.6 Å². The van der Waals surface area contributed by atoms with E-state index in [0.717, 1.165) is 16.5 Å². The Kier molecular flexibility index (Phi) is 6.30. The first-order valence-corrected chi connectivity index (χ1v) is 10.6. The topological polar surface area (TPSA) is 86.3 Å². The second kappa shape index (κ2) is 8.88. The number of aliphatic imine (C=N–C) groups is 1. The summed E-state index contributed by atoms with van der Waals surface area (Å²) in [5, 5.41) is 7.17. The van der Waals surface area contributed by atoms with Crippen molar-refractivity contribution in [3.05, 3.63) is 66.1 Å². The van der Waals surface area contributed by atoms with Gasteiger partial charge in [-0.2, -0.15) is 0 Å². The van der Waals surface area contributed by atoms with Crippen molar-refractivity contribution >= 4 is 26.7 Å². The number of hydrogen-bond donors (Lipinski definition) is 3. The molecular weight excluding hydrogens is 379 g/mol. The van der Waals surface area contributed by atoms with Gasteiger partial charge in [-0.25, -0.2) is 12.8 Å². The smallest absolute Gasteiger partial charge is 0.191 e. The van der Waals surface area contributed by atoms with E-state index in [0.29, 0.717) is 23.8 Å². The SMILES string of the molecule is CN=C(NCCc1c[nH]c2cc(F)ccc12)NCCS(=O)(=O)c1ccccc1. The van der Waals surface area contributed by atoms with Crippen LogP contribution in [0.2, 0.25) is 0 Å². The maximum Gasteiger partial charge on any atom is 0.191 e. The molecule has 8 heteroatoms. The lowest BCUT2D eigenvalue weighted by Crippen LogP contribution is -2.40. The number of fused-ring (bicyclic) bond motifs is 1. The molecule has 3 rings (SSSR count). The van der Waals surface area contributed by atoms with Gasteiger partial charge in [-0.1, -0.05) is 18.2 Å². The average Bonchev–Trinajstić information content (AvgIpc) is 3.09. The Morgan fingerprint density at radius 3 is 2.61 bits per heavy atom. The molecule has 3 N–H and O–H groups in total. The number of hydrogen-bond acceptors (Lipinski definition) is 3. The molecule has 0 radical (unpaired) electrons. The molecule has 1 heterocycles. The number of aromatic amines is 1. The number of rotatable bonds is 7. The fourth-order valence-corrected chi connectivity index (χ4v) is 4.13. The third-order valence-corrected chi connectivity index (χ3v) is 6.14. The van der Waals surface area contributed by atoms with Gasteiger partial charge in [0.1, 0.15) is 5.82 Å². The standard InChI is InChI=1S/C20H23FN4O2S/c1-22-20(24-11-12-28(26,27)17-5-3-2-4-6-17)23-10-9-15-14-25-19-13-16(21)7-8-18(15)19/h2-8,13-14,25H,9-12H2,1H3,(H2,22,23,24). The van der Waals surface area contributed by atoms with Gasteiger partial charge in [0.25, 0.3) is 0 Å². The molecule has 3 aromatic rings. The largest absolute Gasteiger partial charge is 0.361 e. The zero-order valence-electron chi connectivity index (χ0n) is 15.6. The molecule has 0 unspecified atom stereocenters. The highest BCUT2D eigenvalue weighted by atomic mass is 32.2. The minimum atomic E-state index is -3.33. The molecular formula is C20H23FN4O2S. The molecule has 0 spiro atoms. The zero-order valence-corrected chi connectivity index (χ0v) is 16.4. The van der Waals surface area contributed by atoms with Gasteiger partial charge in [0.15, 0.2) is 15.8 Å². The predicted octanol–water partition coefficient (Wildman–Crippen LogP) is 2.49. The van der Waals surface area contributed by atoms with Crippen LogP contribution < -0.4 is 10.6 Å². The van der Waals surface area contributed by atoms with Crippen molar-refractivity contribution in [2.45, 2.75) is 11.3 Å². The van der Waals surface area contributed by atoms with Crippen LogP contribution in [0.25, 0.3) is 10.9 Å². The summed E-state index contributed by atoms with van der Waals surface area (Å²) in [5.74, 6) is 0.245. The van der Waals surface area contributed by atoms with E-state index in [1.165, 1.54) is 12.1 Å². The van der Waals surface area contributed by atoms with Crippen LogP contribution in [0.5, 0.6) is 0 Å². The number of aromatic nitrogens is 1. The molecule has 0 amide bonds. The molecule has 148 valence electrons. The molecule has 0 aliphatic carbocycles. The molecule has 0 fully saturated rings. The molecule has 0 saturated heterocycles. The van der Waals surface area contributed by atoms with Crippen molar-refractivity contribution < 1.29 is 12.8 Å². The second-order valence-electron chi connectivity index (χ2n) is 6.31.